The van der Waals surface area contributed by atoms with E-state index in [9.17, 15) is 9.59 Å². The van der Waals surface area contributed by atoms with Crippen molar-refractivity contribution in [1.82, 2.24) is 5.32 Å². The summed E-state index contributed by atoms with van der Waals surface area (Å²) in [5.41, 5.74) is 0.903. The number of ether oxygens (including phenoxy) is 1. The molecule has 0 saturated heterocycles. The van der Waals surface area contributed by atoms with Crippen molar-refractivity contribution in [3.63, 3.8) is 0 Å². The Kier molecular flexibility index (Phi) is 7.43. The Morgan fingerprint density at radius 1 is 1.18 bits per heavy atom. The third-order valence-electron chi connectivity index (χ3n) is 3.04. The van der Waals surface area contributed by atoms with Crippen LogP contribution in [0.15, 0.2) is 24.3 Å². The van der Waals surface area contributed by atoms with Crippen molar-refractivity contribution in [1.29, 1.82) is 0 Å². The smallest absolute Gasteiger partial charge is 0.303 e. The van der Waals surface area contributed by atoms with Gasteiger partial charge in [0.1, 0.15) is 5.75 Å². The number of benzene rings is 1. The molecule has 0 bridgehead atoms. The van der Waals surface area contributed by atoms with Crippen molar-refractivity contribution < 1.29 is 19.4 Å². The van der Waals surface area contributed by atoms with E-state index in [-0.39, 0.29) is 24.7 Å². The molecular weight excluding hydrogens is 282 g/mol. The molecule has 0 saturated carbocycles. The third kappa shape index (κ3) is 7.67. The van der Waals surface area contributed by atoms with Crippen LogP contribution in [0.5, 0.6) is 5.75 Å². The summed E-state index contributed by atoms with van der Waals surface area (Å²) in [7, 11) is 0. The van der Waals surface area contributed by atoms with Gasteiger partial charge in [0.25, 0.3) is 0 Å². The highest BCUT2D eigenvalue weighted by Gasteiger charge is 2.10. The van der Waals surface area contributed by atoms with Crippen molar-refractivity contribution >= 4 is 11.9 Å². The lowest BCUT2D eigenvalue weighted by Crippen LogP contribution is -2.30. The van der Waals surface area contributed by atoms with Crippen LogP contribution in [0.1, 0.15) is 32.8 Å². The monoisotopic (exact) mass is 307 g/mol. The molecule has 0 spiro atoms. The van der Waals surface area contributed by atoms with E-state index >= 15 is 0 Å². The van der Waals surface area contributed by atoms with E-state index in [4.69, 9.17) is 9.84 Å². The number of nitrogens with one attached hydrogen (secondary N) is 1. The van der Waals surface area contributed by atoms with Gasteiger partial charge in [0.05, 0.1) is 13.0 Å². The van der Waals surface area contributed by atoms with E-state index in [1.165, 1.54) is 0 Å². The fourth-order valence-electron chi connectivity index (χ4n) is 1.87. The topological polar surface area (TPSA) is 75.6 Å². The van der Waals surface area contributed by atoms with Crippen LogP contribution in [0.25, 0.3) is 0 Å². The lowest BCUT2D eigenvalue weighted by atomic mass is 10.1. The Labute approximate surface area is 131 Å². The van der Waals surface area contributed by atoms with Crippen LogP contribution in [0.3, 0.4) is 0 Å². The summed E-state index contributed by atoms with van der Waals surface area (Å²) in [5, 5.41) is 11.4. The summed E-state index contributed by atoms with van der Waals surface area (Å²) in [6, 6.07) is 7.46. The third-order valence-corrected chi connectivity index (χ3v) is 3.04. The molecule has 0 aliphatic heterocycles. The minimum Gasteiger partial charge on any atom is -0.493 e. The lowest BCUT2D eigenvalue weighted by molar-refractivity contribution is -0.138. The second-order valence-electron chi connectivity index (χ2n) is 6.03. The summed E-state index contributed by atoms with van der Waals surface area (Å²) in [4.78, 5) is 22.4. The molecule has 1 unspecified atom stereocenters. The number of aliphatic carboxylic acids is 1. The summed E-state index contributed by atoms with van der Waals surface area (Å²) >= 11 is 0. The minimum atomic E-state index is -0.848. The number of carboxylic acid groups (broad SMARTS) is 1. The second kappa shape index (κ2) is 9.07. The van der Waals surface area contributed by atoms with Crippen molar-refractivity contribution in [3.8, 4) is 5.75 Å². The van der Waals surface area contributed by atoms with Gasteiger partial charge in [-0.25, -0.2) is 0 Å². The summed E-state index contributed by atoms with van der Waals surface area (Å²) in [6.07, 6.45) is 0.340. The number of hydrogen-bond acceptors (Lipinski definition) is 3. The highest BCUT2D eigenvalue weighted by molar-refractivity contribution is 5.78. The highest BCUT2D eigenvalue weighted by atomic mass is 16.5. The number of carboxylic acids is 1. The molecule has 1 amide bonds. The van der Waals surface area contributed by atoms with Gasteiger partial charge in [0.2, 0.25) is 5.91 Å². The number of hydrogen-bond donors (Lipinski definition) is 2. The first kappa shape index (κ1) is 18.0. The zero-order chi connectivity index (χ0) is 16.5. The van der Waals surface area contributed by atoms with Crippen molar-refractivity contribution in [3.05, 3.63) is 29.8 Å². The van der Waals surface area contributed by atoms with Gasteiger partial charge < -0.3 is 15.2 Å². The number of carbonyl (C=O) groups is 2. The quantitative estimate of drug-likeness (QED) is 0.735. The van der Waals surface area contributed by atoms with Crippen LogP contribution in [0.4, 0.5) is 0 Å². The molecule has 2 N–H and O–H groups in total. The maximum atomic E-state index is 11.8. The Morgan fingerprint density at radius 3 is 2.36 bits per heavy atom. The maximum Gasteiger partial charge on any atom is 0.303 e. The van der Waals surface area contributed by atoms with Crippen LogP contribution in [0.2, 0.25) is 0 Å². The Balaban J connectivity index is 2.36. The lowest BCUT2D eigenvalue weighted by Gasteiger charge is -2.11. The molecule has 0 radical (unpaired) electrons. The van der Waals surface area contributed by atoms with Gasteiger partial charge in [-0.2, -0.15) is 0 Å². The normalized spacial score (nSPS) is 12.0. The van der Waals surface area contributed by atoms with Crippen LogP contribution in [-0.4, -0.2) is 30.1 Å². The first-order valence-electron chi connectivity index (χ1n) is 7.57. The summed E-state index contributed by atoms with van der Waals surface area (Å²) < 4.78 is 5.59. The molecule has 5 nitrogen and oxygen atoms in total. The van der Waals surface area contributed by atoms with Gasteiger partial charge in [-0.15, -0.1) is 0 Å². The zero-order valence-electron chi connectivity index (χ0n) is 13.5. The molecule has 1 rings (SSSR count). The second-order valence-corrected chi connectivity index (χ2v) is 6.03. The van der Waals surface area contributed by atoms with Gasteiger partial charge in [-0.3, -0.25) is 9.59 Å². The van der Waals surface area contributed by atoms with E-state index in [0.29, 0.717) is 19.1 Å². The van der Waals surface area contributed by atoms with Crippen molar-refractivity contribution in [2.75, 3.05) is 13.2 Å². The van der Waals surface area contributed by atoms with Gasteiger partial charge in [0, 0.05) is 13.0 Å². The number of amides is 1. The Bertz CT molecular complexity index is 482. The molecule has 22 heavy (non-hydrogen) atoms. The molecule has 0 heterocycles. The molecule has 1 atom stereocenters. The molecule has 0 aliphatic rings. The van der Waals surface area contributed by atoms with E-state index in [0.717, 1.165) is 11.3 Å². The first-order valence-corrected chi connectivity index (χ1v) is 7.57. The molecular formula is C17H25NO4. The molecule has 1 aromatic carbocycles. The first-order chi connectivity index (χ1) is 10.4. The van der Waals surface area contributed by atoms with Crippen LogP contribution >= 0.6 is 0 Å². The largest absolute Gasteiger partial charge is 0.493 e. The number of carbonyl (C=O) groups excluding carboxylic acids is 1. The summed E-state index contributed by atoms with van der Waals surface area (Å²) in [5.74, 6) is 0.242. The van der Waals surface area contributed by atoms with Crippen molar-refractivity contribution in [2.24, 2.45) is 11.8 Å². The molecule has 1 aromatic rings. The fraction of sp³-hybridized carbons (Fsp3) is 0.529. The average molecular weight is 307 g/mol. The van der Waals surface area contributed by atoms with Gasteiger partial charge in [-0.1, -0.05) is 32.9 Å². The van der Waals surface area contributed by atoms with E-state index in [1.807, 2.05) is 24.3 Å². The predicted molar refractivity (Wildman–Crippen MR) is 84.9 cm³/mol. The molecule has 0 aliphatic carbocycles. The zero-order valence-corrected chi connectivity index (χ0v) is 13.5. The van der Waals surface area contributed by atoms with Crippen LogP contribution in [-0.2, 0) is 16.0 Å². The minimum absolute atomic E-state index is 0.0577. The van der Waals surface area contributed by atoms with E-state index in [2.05, 4.69) is 19.2 Å². The molecule has 0 fully saturated rings. The number of rotatable bonds is 9. The van der Waals surface area contributed by atoms with Crippen LogP contribution in [0, 0.1) is 11.8 Å². The summed E-state index contributed by atoms with van der Waals surface area (Å²) in [6.45, 7) is 7.02. The van der Waals surface area contributed by atoms with Gasteiger partial charge >= 0.3 is 5.97 Å². The molecule has 5 heteroatoms. The molecule has 0 aromatic heterocycles. The Hall–Kier alpha value is -2.04. The average Bonchev–Trinajstić information content (AvgIpc) is 2.43. The fourth-order valence-corrected chi connectivity index (χ4v) is 1.87. The van der Waals surface area contributed by atoms with Gasteiger partial charge in [-0.05, 0) is 29.5 Å². The predicted octanol–water partition coefficient (Wildman–Crippen LogP) is 2.49. The highest BCUT2D eigenvalue weighted by Crippen LogP contribution is 2.13. The van der Waals surface area contributed by atoms with Crippen LogP contribution < -0.4 is 10.1 Å². The standard InChI is InChI=1S/C17H25NO4/c1-12(2)11-22-15-6-4-14(5-7-15)9-16(19)18-10-13(3)8-17(20)21/h4-7,12-13H,8-11H2,1-3H3,(H,18,19)(H,20,21). The molecule has 122 valence electrons. The van der Waals surface area contributed by atoms with Gasteiger partial charge in [0.15, 0.2) is 0 Å². The SMILES string of the molecule is CC(C)COc1ccc(CC(=O)NCC(C)CC(=O)O)cc1. The van der Waals surface area contributed by atoms with E-state index < -0.39 is 5.97 Å². The van der Waals surface area contributed by atoms with E-state index in [1.54, 1.807) is 6.92 Å². The Morgan fingerprint density at radius 2 is 1.82 bits per heavy atom. The van der Waals surface area contributed by atoms with Crippen molar-refractivity contribution in [2.45, 2.75) is 33.6 Å². The maximum absolute atomic E-state index is 11.8.